The average molecular weight is 417 g/mol. The molecule has 0 aliphatic heterocycles. The molecule has 1 aromatic heterocycles. The molecular weight excluding hydrogens is 396 g/mol. The van der Waals surface area contributed by atoms with Gasteiger partial charge in [0.2, 0.25) is 5.75 Å². The number of aromatic nitrogens is 2. The number of ether oxygens (including phenoxy) is 3. The van der Waals surface area contributed by atoms with E-state index in [0.717, 1.165) is 12.1 Å². The van der Waals surface area contributed by atoms with Crippen molar-refractivity contribution in [3.05, 3.63) is 53.2 Å². The zero-order valence-electron chi connectivity index (χ0n) is 16.9. The summed E-state index contributed by atoms with van der Waals surface area (Å²) in [6, 6.07) is 6.00. The zero-order valence-corrected chi connectivity index (χ0v) is 16.9. The summed E-state index contributed by atoms with van der Waals surface area (Å²) in [5, 5.41) is 9.89. The smallest absolute Gasteiger partial charge is 0.255 e. The van der Waals surface area contributed by atoms with Crippen LogP contribution in [0.3, 0.4) is 0 Å². The van der Waals surface area contributed by atoms with Crippen molar-refractivity contribution in [3.63, 3.8) is 0 Å². The van der Waals surface area contributed by atoms with Gasteiger partial charge in [-0.05, 0) is 30.7 Å². The number of hydrogen-bond donors (Lipinski definition) is 2. The van der Waals surface area contributed by atoms with E-state index < -0.39 is 17.5 Å². The fraction of sp³-hybridized carbons (Fsp3) is 0.238. The molecule has 0 saturated heterocycles. The van der Waals surface area contributed by atoms with E-state index in [0.29, 0.717) is 52.4 Å². The molecule has 0 saturated carbocycles. The maximum absolute atomic E-state index is 13.5. The van der Waals surface area contributed by atoms with Crippen molar-refractivity contribution in [2.24, 2.45) is 0 Å². The van der Waals surface area contributed by atoms with Crippen LogP contribution in [0.4, 0.5) is 14.5 Å². The topological polar surface area (TPSA) is 85.5 Å². The Morgan fingerprint density at radius 2 is 1.60 bits per heavy atom. The van der Waals surface area contributed by atoms with Gasteiger partial charge in [0.05, 0.1) is 32.7 Å². The lowest BCUT2D eigenvalue weighted by Gasteiger charge is -2.14. The first-order chi connectivity index (χ1) is 14.4. The quantitative estimate of drug-likeness (QED) is 0.602. The van der Waals surface area contributed by atoms with E-state index >= 15 is 0 Å². The van der Waals surface area contributed by atoms with Crippen LogP contribution in [0, 0.1) is 11.6 Å². The Balaban J connectivity index is 2.07. The predicted octanol–water partition coefficient (Wildman–Crippen LogP) is 4.20. The average Bonchev–Trinajstić information content (AvgIpc) is 3.14. The van der Waals surface area contributed by atoms with Crippen molar-refractivity contribution in [1.29, 1.82) is 0 Å². The molecule has 2 aromatic carbocycles. The minimum atomic E-state index is -0.840. The summed E-state index contributed by atoms with van der Waals surface area (Å²) in [4.78, 5) is 12.7. The number of amides is 1. The molecule has 0 bridgehead atoms. The lowest BCUT2D eigenvalue weighted by molar-refractivity contribution is 0.102. The van der Waals surface area contributed by atoms with Crippen LogP contribution in [0.25, 0.3) is 11.3 Å². The number of carbonyl (C=O) groups excluding carboxylic acids is 1. The van der Waals surface area contributed by atoms with Gasteiger partial charge in [-0.25, -0.2) is 8.78 Å². The van der Waals surface area contributed by atoms with E-state index in [1.54, 1.807) is 12.1 Å². The minimum Gasteiger partial charge on any atom is -0.493 e. The lowest BCUT2D eigenvalue weighted by atomic mass is 10.1. The fourth-order valence-corrected chi connectivity index (χ4v) is 3.07. The van der Waals surface area contributed by atoms with Crippen LogP contribution in [-0.2, 0) is 6.42 Å². The Morgan fingerprint density at radius 3 is 2.10 bits per heavy atom. The van der Waals surface area contributed by atoms with Gasteiger partial charge < -0.3 is 19.5 Å². The summed E-state index contributed by atoms with van der Waals surface area (Å²) >= 11 is 0. The number of aromatic amines is 1. The molecule has 0 atom stereocenters. The van der Waals surface area contributed by atoms with Crippen molar-refractivity contribution in [2.75, 3.05) is 26.6 Å². The molecule has 158 valence electrons. The molecule has 0 aliphatic rings. The summed E-state index contributed by atoms with van der Waals surface area (Å²) in [6.45, 7) is 1.88. The number of benzene rings is 2. The van der Waals surface area contributed by atoms with Gasteiger partial charge >= 0.3 is 0 Å². The molecule has 1 amide bonds. The second-order valence-corrected chi connectivity index (χ2v) is 6.31. The maximum Gasteiger partial charge on any atom is 0.255 e. The Morgan fingerprint density at radius 1 is 1.00 bits per heavy atom. The second-order valence-electron chi connectivity index (χ2n) is 6.31. The largest absolute Gasteiger partial charge is 0.493 e. The summed E-state index contributed by atoms with van der Waals surface area (Å²) in [5.41, 5.74) is 1.88. The van der Waals surface area contributed by atoms with Crippen LogP contribution in [0.2, 0.25) is 0 Å². The Labute approximate surface area is 172 Å². The van der Waals surface area contributed by atoms with Crippen molar-refractivity contribution in [3.8, 4) is 28.5 Å². The third kappa shape index (κ3) is 4.05. The van der Waals surface area contributed by atoms with E-state index in [4.69, 9.17) is 14.2 Å². The van der Waals surface area contributed by atoms with Crippen molar-refractivity contribution in [1.82, 2.24) is 10.2 Å². The molecule has 7 nitrogen and oxygen atoms in total. The molecule has 0 fully saturated rings. The highest BCUT2D eigenvalue weighted by Crippen LogP contribution is 2.42. The number of nitrogens with one attached hydrogen (secondary N) is 2. The van der Waals surface area contributed by atoms with E-state index in [1.165, 1.54) is 21.3 Å². The van der Waals surface area contributed by atoms with Gasteiger partial charge in [-0.1, -0.05) is 6.92 Å². The third-order valence-electron chi connectivity index (χ3n) is 4.50. The van der Waals surface area contributed by atoms with E-state index in [9.17, 15) is 13.6 Å². The van der Waals surface area contributed by atoms with Crippen LogP contribution in [0.5, 0.6) is 17.2 Å². The van der Waals surface area contributed by atoms with Crippen LogP contribution in [0.1, 0.15) is 23.0 Å². The first kappa shape index (κ1) is 21.1. The number of nitrogens with zero attached hydrogens (tertiary/aromatic N) is 1. The number of hydrogen-bond acceptors (Lipinski definition) is 5. The molecule has 30 heavy (non-hydrogen) atoms. The first-order valence-corrected chi connectivity index (χ1v) is 9.06. The Bertz CT molecular complexity index is 1040. The SMILES string of the molecule is CCc1[nH]nc(-c2cc(OC)c(OC)c(OC)c2)c1NC(=O)c1cc(F)cc(F)c1. The Kier molecular flexibility index (Phi) is 6.20. The molecule has 0 spiro atoms. The number of H-pyrrole nitrogens is 1. The second kappa shape index (κ2) is 8.81. The van der Waals surface area contributed by atoms with Gasteiger partial charge in [0.25, 0.3) is 5.91 Å². The van der Waals surface area contributed by atoms with Crippen molar-refractivity contribution in [2.45, 2.75) is 13.3 Å². The van der Waals surface area contributed by atoms with E-state index in [2.05, 4.69) is 15.5 Å². The number of aryl methyl sites for hydroxylation is 1. The molecule has 3 aromatic rings. The molecule has 9 heteroatoms. The fourth-order valence-electron chi connectivity index (χ4n) is 3.07. The first-order valence-electron chi connectivity index (χ1n) is 9.06. The zero-order chi connectivity index (χ0) is 21.8. The van der Waals surface area contributed by atoms with Crippen molar-refractivity contribution < 1.29 is 27.8 Å². The van der Waals surface area contributed by atoms with Crippen molar-refractivity contribution >= 4 is 11.6 Å². The number of carbonyl (C=O) groups is 1. The normalized spacial score (nSPS) is 10.6. The number of halogens is 2. The highest BCUT2D eigenvalue weighted by molar-refractivity contribution is 6.06. The Hall–Kier alpha value is -3.62. The van der Waals surface area contributed by atoms with Crippen LogP contribution < -0.4 is 19.5 Å². The minimum absolute atomic E-state index is 0.147. The van der Waals surface area contributed by atoms with E-state index in [1.807, 2.05) is 6.92 Å². The van der Waals surface area contributed by atoms with Gasteiger partial charge in [0, 0.05) is 17.2 Å². The van der Waals surface area contributed by atoms with Gasteiger partial charge in [0.15, 0.2) is 11.5 Å². The number of methoxy groups -OCH3 is 3. The highest BCUT2D eigenvalue weighted by atomic mass is 19.1. The molecule has 2 N–H and O–H groups in total. The molecular formula is C21H21F2N3O4. The molecule has 0 radical (unpaired) electrons. The molecule has 3 rings (SSSR count). The van der Waals surface area contributed by atoms with E-state index in [-0.39, 0.29) is 5.56 Å². The maximum atomic E-state index is 13.5. The monoisotopic (exact) mass is 417 g/mol. The number of rotatable bonds is 7. The van der Waals surface area contributed by atoms with Gasteiger partial charge in [-0.15, -0.1) is 0 Å². The summed E-state index contributed by atoms with van der Waals surface area (Å²) in [6.07, 6.45) is 0.532. The number of anilines is 1. The van der Waals surface area contributed by atoms with Gasteiger partial charge in [-0.3, -0.25) is 9.89 Å². The summed E-state index contributed by atoms with van der Waals surface area (Å²) < 4.78 is 43.1. The summed E-state index contributed by atoms with van der Waals surface area (Å²) in [7, 11) is 4.47. The standard InChI is InChI=1S/C21H21F2N3O4/c1-5-15-19(24-21(27)12-6-13(22)10-14(23)7-12)18(26-25-15)11-8-16(28-2)20(30-4)17(9-11)29-3/h6-10H,5H2,1-4H3,(H,24,27)(H,25,26). The third-order valence-corrected chi connectivity index (χ3v) is 4.50. The summed E-state index contributed by atoms with van der Waals surface area (Å²) in [5.74, 6) is -1.11. The molecule has 0 unspecified atom stereocenters. The molecule has 1 heterocycles. The lowest BCUT2D eigenvalue weighted by Crippen LogP contribution is -2.14. The van der Waals surface area contributed by atoms with Crippen LogP contribution in [0.15, 0.2) is 30.3 Å². The van der Waals surface area contributed by atoms with Gasteiger partial charge in [0.1, 0.15) is 17.3 Å². The predicted molar refractivity (Wildman–Crippen MR) is 107 cm³/mol. The molecule has 0 aliphatic carbocycles. The van der Waals surface area contributed by atoms with Crippen LogP contribution >= 0.6 is 0 Å². The highest BCUT2D eigenvalue weighted by Gasteiger charge is 2.21. The van der Waals surface area contributed by atoms with Gasteiger partial charge in [-0.2, -0.15) is 5.10 Å². The van der Waals surface area contributed by atoms with Crippen LogP contribution in [-0.4, -0.2) is 37.4 Å².